The Morgan fingerprint density at radius 1 is 1.06 bits per heavy atom. The molecule has 0 radical (unpaired) electrons. The van der Waals surface area contributed by atoms with Gasteiger partial charge in [0.15, 0.2) is 0 Å². The van der Waals surface area contributed by atoms with Crippen LogP contribution in [0.1, 0.15) is 11.4 Å². The van der Waals surface area contributed by atoms with E-state index in [1.54, 1.807) is 12.4 Å². The summed E-state index contributed by atoms with van der Waals surface area (Å²) in [6.07, 6.45) is 3.52. The van der Waals surface area contributed by atoms with E-state index in [1.807, 2.05) is 32.0 Å². The lowest BCUT2D eigenvalue weighted by molar-refractivity contribution is 1.11. The van der Waals surface area contributed by atoms with Gasteiger partial charge in [0.25, 0.3) is 0 Å². The predicted molar refractivity (Wildman–Crippen MR) is 66.6 cm³/mol. The zero-order valence-electron chi connectivity index (χ0n) is 9.73. The Labute approximate surface area is 98.8 Å². The van der Waals surface area contributed by atoms with E-state index < -0.39 is 0 Å². The fraction of sp³-hybridized carbons (Fsp3) is 0.154. The van der Waals surface area contributed by atoms with Crippen LogP contribution in [0.5, 0.6) is 0 Å². The summed E-state index contributed by atoms with van der Waals surface area (Å²) in [6, 6.07) is 5.93. The molecule has 17 heavy (non-hydrogen) atoms. The van der Waals surface area contributed by atoms with E-state index in [0.29, 0.717) is 0 Å². The molecule has 0 saturated heterocycles. The zero-order valence-corrected chi connectivity index (χ0v) is 9.73. The van der Waals surface area contributed by atoms with Crippen molar-refractivity contribution in [2.45, 2.75) is 13.8 Å². The molecule has 4 heteroatoms. The van der Waals surface area contributed by atoms with Crippen molar-refractivity contribution in [1.82, 2.24) is 19.9 Å². The van der Waals surface area contributed by atoms with Gasteiger partial charge < -0.3 is 4.98 Å². The summed E-state index contributed by atoms with van der Waals surface area (Å²) in [5.74, 6) is 0.845. The van der Waals surface area contributed by atoms with Crippen molar-refractivity contribution in [3.63, 3.8) is 0 Å². The summed E-state index contributed by atoms with van der Waals surface area (Å²) in [5, 5.41) is 0. The Bertz CT molecular complexity index is 652. The highest BCUT2D eigenvalue weighted by Gasteiger charge is 2.08. The number of hydrogen-bond donors (Lipinski definition) is 1. The Morgan fingerprint density at radius 3 is 2.71 bits per heavy atom. The number of nitrogens with zero attached hydrogens (tertiary/aromatic N) is 3. The summed E-state index contributed by atoms with van der Waals surface area (Å²) in [5.41, 5.74) is 4.91. The molecule has 0 aliphatic carbocycles. The Kier molecular flexibility index (Phi) is 2.14. The molecule has 0 fully saturated rings. The normalized spacial score (nSPS) is 10.9. The topological polar surface area (TPSA) is 54.5 Å². The SMILES string of the molecule is Cc1ccc(-c2nc3ccncc3[nH]2)c(C)n1. The maximum atomic E-state index is 4.54. The van der Waals surface area contributed by atoms with Gasteiger partial charge in [-0.15, -0.1) is 0 Å². The van der Waals surface area contributed by atoms with Gasteiger partial charge in [0, 0.05) is 23.1 Å². The van der Waals surface area contributed by atoms with Gasteiger partial charge in [-0.1, -0.05) is 0 Å². The van der Waals surface area contributed by atoms with Crippen LogP contribution >= 0.6 is 0 Å². The van der Waals surface area contributed by atoms with E-state index in [2.05, 4.69) is 19.9 Å². The Balaban J connectivity index is 2.20. The summed E-state index contributed by atoms with van der Waals surface area (Å²) in [6.45, 7) is 3.98. The van der Waals surface area contributed by atoms with Crippen LogP contribution in [0.2, 0.25) is 0 Å². The van der Waals surface area contributed by atoms with Gasteiger partial charge in [0.2, 0.25) is 0 Å². The molecule has 0 aromatic carbocycles. The number of aromatic nitrogens is 4. The van der Waals surface area contributed by atoms with Crippen LogP contribution in [0.4, 0.5) is 0 Å². The number of fused-ring (bicyclic) bond motifs is 1. The van der Waals surface area contributed by atoms with E-state index in [-0.39, 0.29) is 0 Å². The maximum absolute atomic E-state index is 4.54. The lowest BCUT2D eigenvalue weighted by Crippen LogP contribution is -1.91. The number of H-pyrrole nitrogens is 1. The van der Waals surface area contributed by atoms with Crippen molar-refractivity contribution in [1.29, 1.82) is 0 Å². The molecule has 0 aliphatic rings. The smallest absolute Gasteiger partial charge is 0.140 e. The van der Waals surface area contributed by atoms with Crippen molar-refractivity contribution < 1.29 is 0 Å². The molecular weight excluding hydrogens is 212 g/mol. The standard InChI is InChI=1S/C13H12N4/c1-8-3-4-10(9(2)15-8)13-16-11-5-6-14-7-12(11)17-13/h3-7H,1-2H3,(H,16,17). The van der Waals surface area contributed by atoms with Gasteiger partial charge in [-0.05, 0) is 32.0 Å². The van der Waals surface area contributed by atoms with Gasteiger partial charge in [-0.2, -0.15) is 0 Å². The summed E-state index contributed by atoms with van der Waals surface area (Å²) < 4.78 is 0. The molecule has 4 nitrogen and oxygen atoms in total. The molecule has 1 N–H and O–H groups in total. The first kappa shape index (κ1) is 9.96. The molecular formula is C13H12N4. The van der Waals surface area contributed by atoms with Gasteiger partial charge in [0.05, 0.1) is 17.2 Å². The van der Waals surface area contributed by atoms with Gasteiger partial charge >= 0.3 is 0 Å². The second-order valence-corrected chi connectivity index (χ2v) is 4.06. The molecule has 0 bridgehead atoms. The van der Waals surface area contributed by atoms with Crippen LogP contribution in [-0.2, 0) is 0 Å². The van der Waals surface area contributed by atoms with Gasteiger partial charge in [0.1, 0.15) is 5.82 Å². The minimum absolute atomic E-state index is 0.845. The summed E-state index contributed by atoms with van der Waals surface area (Å²) >= 11 is 0. The number of hydrogen-bond acceptors (Lipinski definition) is 3. The van der Waals surface area contributed by atoms with Gasteiger partial charge in [-0.3, -0.25) is 9.97 Å². The third-order valence-corrected chi connectivity index (χ3v) is 2.76. The predicted octanol–water partition coefficient (Wildman–Crippen LogP) is 2.64. The second kappa shape index (κ2) is 3.66. The largest absolute Gasteiger partial charge is 0.337 e. The molecule has 0 saturated carbocycles. The van der Waals surface area contributed by atoms with E-state index in [0.717, 1.165) is 33.8 Å². The lowest BCUT2D eigenvalue weighted by atomic mass is 10.2. The van der Waals surface area contributed by atoms with Crippen LogP contribution in [0, 0.1) is 13.8 Å². The van der Waals surface area contributed by atoms with E-state index >= 15 is 0 Å². The first-order valence-electron chi connectivity index (χ1n) is 5.48. The third-order valence-electron chi connectivity index (χ3n) is 2.76. The number of pyridine rings is 2. The van der Waals surface area contributed by atoms with E-state index in [4.69, 9.17) is 0 Å². The average molecular weight is 224 g/mol. The third kappa shape index (κ3) is 1.67. The average Bonchev–Trinajstić information content (AvgIpc) is 2.72. The van der Waals surface area contributed by atoms with Crippen LogP contribution in [0.15, 0.2) is 30.6 Å². The minimum atomic E-state index is 0.845. The number of nitrogens with one attached hydrogen (secondary N) is 1. The molecule has 0 spiro atoms. The van der Waals surface area contributed by atoms with Crippen molar-refractivity contribution in [2.75, 3.05) is 0 Å². The fourth-order valence-electron chi connectivity index (χ4n) is 1.92. The molecule has 0 unspecified atom stereocenters. The number of imidazole rings is 1. The van der Waals surface area contributed by atoms with Crippen molar-refractivity contribution in [3.05, 3.63) is 42.0 Å². The van der Waals surface area contributed by atoms with E-state index in [1.165, 1.54) is 0 Å². The molecule has 0 atom stereocenters. The van der Waals surface area contributed by atoms with Crippen LogP contribution < -0.4 is 0 Å². The lowest BCUT2D eigenvalue weighted by Gasteiger charge is -2.02. The van der Waals surface area contributed by atoms with Crippen molar-refractivity contribution in [3.8, 4) is 11.4 Å². The van der Waals surface area contributed by atoms with Crippen LogP contribution in [-0.4, -0.2) is 19.9 Å². The molecule has 3 aromatic rings. The zero-order chi connectivity index (χ0) is 11.8. The first-order chi connectivity index (χ1) is 8.24. The van der Waals surface area contributed by atoms with Crippen molar-refractivity contribution >= 4 is 11.0 Å². The molecule has 0 aliphatic heterocycles. The summed E-state index contributed by atoms with van der Waals surface area (Å²) in [4.78, 5) is 16.3. The minimum Gasteiger partial charge on any atom is -0.337 e. The first-order valence-corrected chi connectivity index (χ1v) is 5.48. The Morgan fingerprint density at radius 2 is 1.94 bits per heavy atom. The summed E-state index contributed by atoms with van der Waals surface area (Å²) in [7, 11) is 0. The molecule has 3 heterocycles. The second-order valence-electron chi connectivity index (χ2n) is 4.06. The molecule has 84 valence electrons. The highest BCUT2D eigenvalue weighted by Crippen LogP contribution is 2.22. The number of aromatic amines is 1. The molecule has 0 amide bonds. The highest BCUT2D eigenvalue weighted by molar-refractivity contribution is 5.78. The van der Waals surface area contributed by atoms with Crippen LogP contribution in [0.3, 0.4) is 0 Å². The number of aryl methyl sites for hydroxylation is 2. The molecule has 3 aromatic heterocycles. The quantitative estimate of drug-likeness (QED) is 0.691. The maximum Gasteiger partial charge on any atom is 0.140 e. The van der Waals surface area contributed by atoms with E-state index in [9.17, 15) is 0 Å². The fourth-order valence-corrected chi connectivity index (χ4v) is 1.92. The Hall–Kier alpha value is -2.23. The molecule has 3 rings (SSSR count). The number of rotatable bonds is 1. The highest BCUT2D eigenvalue weighted by atomic mass is 14.9. The van der Waals surface area contributed by atoms with Crippen molar-refractivity contribution in [2.24, 2.45) is 0 Å². The van der Waals surface area contributed by atoms with Crippen LogP contribution in [0.25, 0.3) is 22.4 Å². The van der Waals surface area contributed by atoms with Gasteiger partial charge in [-0.25, -0.2) is 4.98 Å². The monoisotopic (exact) mass is 224 g/mol.